The van der Waals surface area contributed by atoms with Crippen molar-refractivity contribution in [3.8, 4) is 0 Å². The van der Waals surface area contributed by atoms with Crippen molar-refractivity contribution in [3.63, 3.8) is 0 Å². The molecule has 0 radical (unpaired) electrons. The summed E-state index contributed by atoms with van der Waals surface area (Å²) in [5.41, 5.74) is 2.72. The van der Waals surface area contributed by atoms with Crippen LogP contribution in [0.3, 0.4) is 0 Å². The third-order valence-electron chi connectivity index (χ3n) is 5.30. The Bertz CT molecular complexity index is 797. The molecule has 0 unspecified atom stereocenters. The second-order valence-corrected chi connectivity index (χ2v) is 7.28. The number of likely N-dealkylation sites (tertiary alicyclic amines) is 1. The van der Waals surface area contributed by atoms with Crippen LogP contribution in [0.2, 0.25) is 0 Å². The van der Waals surface area contributed by atoms with E-state index in [0.717, 1.165) is 44.6 Å². The molecular weight excluding hydrogens is 372 g/mol. The number of piperidine rings is 1. The quantitative estimate of drug-likeness (QED) is 0.742. The summed E-state index contributed by atoms with van der Waals surface area (Å²) in [4.78, 5) is 27.9. The van der Waals surface area contributed by atoms with Crippen LogP contribution in [-0.2, 0) is 0 Å². The smallest absolute Gasteiger partial charge is 0.254 e. The molecule has 1 saturated heterocycles. The largest absolute Gasteiger partial charge is 0.339 e. The highest BCUT2D eigenvalue weighted by atomic mass is 35.5. The van der Waals surface area contributed by atoms with Gasteiger partial charge in [-0.3, -0.25) is 9.59 Å². The molecule has 5 heteroatoms. The van der Waals surface area contributed by atoms with E-state index in [9.17, 15) is 9.59 Å². The van der Waals surface area contributed by atoms with Crippen LogP contribution in [0.15, 0.2) is 48.5 Å². The number of halogens is 1. The minimum Gasteiger partial charge on any atom is -0.339 e. The predicted molar refractivity (Wildman–Crippen MR) is 115 cm³/mol. The molecule has 0 atom stereocenters. The molecular formula is C23H29ClN2O2. The van der Waals surface area contributed by atoms with Crippen molar-refractivity contribution >= 4 is 24.1 Å². The van der Waals surface area contributed by atoms with Gasteiger partial charge in [-0.25, -0.2) is 0 Å². The maximum Gasteiger partial charge on any atom is 0.254 e. The maximum absolute atomic E-state index is 13.1. The molecule has 3 rings (SSSR count). The summed E-state index contributed by atoms with van der Waals surface area (Å²) < 4.78 is 0. The zero-order valence-electron chi connectivity index (χ0n) is 16.6. The Balaban J connectivity index is 0.00000280. The fourth-order valence-corrected chi connectivity index (χ4v) is 3.59. The molecule has 2 aromatic rings. The van der Waals surface area contributed by atoms with Gasteiger partial charge in [-0.05, 0) is 44.8 Å². The Labute approximate surface area is 173 Å². The molecule has 0 aromatic heterocycles. The van der Waals surface area contributed by atoms with Crippen LogP contribution in [0.5, 0.6) is 0 Å². The number of amides is 1. The van der Waals surface area contributed by atoms with Gasteiger partial charge in [0.1, 0.15) is 0 Å². The number of benzene rings is 2. The second kappa shape index (κ2) is 10.4. The highest BCUT2D eigenvalue weighted by molar-refractivity contribution is 6.15. The zero-order chi connectivity index (χ0) is 19.2. The van der Waals surface area contributed by atoms with Gasteiger partial charge < -0.3 is 10.2 Å². The molecule has 0 bridgehead atoms. The van der Waals surface area contributed by atoms with Crippen LogP contribution >= 0.6 is 12.4 Å². The monoisotopic (exact) mass is 400 g/mol. The zero-order valence-corrected chi connectivity index (χ0v) is 17.4. The van der Waals surface area contributed by atoms with Crippen LogP contribution in [0.1, 0.15) is 51.6 Å². The Kier molecular flexibility index (Phi) is 8.21. The molecule has 2 aromatic carbocycles. The van der Waals surface area contributed by atoms with Crippen LogP contribution in [-0.4, -0.2) is 42.8 Å². The molecule has 0 saturated carbocycles. The highest BCUT2D eigenvalue weighted by Crippen LogP contribution is 2.21. The van der Waals surface area contributed by atoms with Crippen molar-refractivity contribution in [1.29, 1.82) is 0 Å². The summed E-state index contributed by atoms with van der Waals surface area (Å²) in [6.45, 7) is 7.60. The van der Waals surface area contributed by atoms with E-state index < -0.39 is 0 Å². The maximum atomic E-state index is 13.1. The molecule has 4 nitrogen and oxygen atoms in total. The molecule has 1 amide bonds. The van der Waals surface area contributed by atoms with Gasteiger partial charge in [-0.2, -0.15) is 0 Å². The van der Waals surface area contributed by atoms with E-state index >= 15 is 0 Å². The second-order valence-electron chi connectivity index (χ2n) is 7.28. The molecule has 28 heavy (non-hydrogen) atoms. The summed E-state index contributed by atoms with van der Waals surface area (Å²) >= 11 is 0. The highest BCUT2D eigenvalue weighted by Gasteiger charge is 2.26. The molecule has 0 spiro atoms. The van der Waals surface area contributed by atoms with Crippen molar-refractivity contribution in [1.82, 2.24) is 10.2 Å². The molecule has 1 aliphatic heterocycles. The first-order valence-corrected chi connectivity index (χ1v) is 9.80. The lowest BCUT2D eigenvalue weighted by Gasteiger charge is -2.32. The van der Waals surface area contributed by atoms with Crippen LogP contribution in [0, 0.1) is 12.8 Å². The van der Waals surface area contributed by atoms with Gasteiger partial charge in [0, 0.05) is 24.2 Å². The third-order valence-corrected chi connectivity index (χ3v) is 5.30. The van der Waals surface area contributed by atoms with Gasteiger partial charge in [0.2, 0.25) is 0 Å². The number of aryl methyl sites for hydroxylation is 1. The number of carbonyl (C=O) groups is 2. The summed E-state index contributed by atoms with van der Waals surface area (Å²) in [5, 5.41) is 3.39. The minimum atomic E-state index is -0.0963. The Morgan fingerprint density at radius 1 is 1.00 bits per heavy atom. The number of hydrogen-bond acceptors (Lipinski definition) is 3. The van der Waals surface area contributed by atoms with Crippen LogP contribution in [0.4, 0.5) is 0 Å². The molecule has 1 fully saturated rings. The van der Waals surface area contributed by atoms with Crippen LogP contribution in [0.25, 0.3) is 0 Å². The Hall–Kier alpha value is -2.17. The summed E-state index contributed by atoms with van der Waals surface area (Å²) in [7, 11) is 0. The topological polar surface area (TPSA) is 49.4 Å². The van der Waals surface area contributed by atoms with Gasteiger partial charge in [-0.1, -0.05) is 55.0 Å². The fraction of sp³-hybridized carbons (Fsp3) is 0.391. The van der Waals surface area contributed by atoms with Crippen molar-refractivity contribution in [2.45, 2.75) is 26.7 Å². The third kappa shape index (κ3) is 5.21. The van der Waals surface area contributed by atoms with E-state index in [1.807, 2.05) is 48.2 Å². The van der Waals surface area contributed by atoms with Crippen molar-refractivity contribution in [3.05, 3.63) is 70.8 Å². The fourth-order valence-electron chi connectivity index (χ4n) is 3.59. The molecule has 1 N–H and O–H groups in total. The standard InChI is InChI=1S/C23H28N2O2.ClH/c1-3-24-16-18-12-14-25(15-13-18)23(27)21-7-5-4-6-20(21)22(26)19-10-8-17(2)9-11-19;/h4-11,18,24H,3,12-16H2,1-2H3;1H. The van der Waals surface area contributed by atoms with E-state index in [0.29, 0.717) is 22.6 Å². The van der Waals surface area contributed by atoms with Gasteiger partial charge >= 0.3 is 0 Å². The lowest BCUT2D eigenvalue weighted by molar-refractivity contribution is 0.0687. The summed E-state index contributed by atoms with van der Waals surface area (Å²) in [5.74, 6) is 0.493. The normalized spacial score (nSPS) is 14.4. The van der Waals surface area contributed by atoms with Gasteiger partial charge in [0.25, 0.3) is 5.91 Å². The molecule has 0 aliphatic carbocycles. The van der Waals surface area contributed by atoms with Gasteiger partial charge in [-0.15, -0.1) is 12.4 Å². The predicted octanol–water partition coefficient (Wildman–Crippen LogP) is 4.11. The van der Waals surface area contributed by atoms with Crippen molar-refractivity contribution < 1.29 is 9.59 Å². The van der Waals surface area contributed by atoms with Crippen molar-refractivity contribution in [2.75, 3.05) is 26.2 Å². The summed E-state index contributed by atoms with van der Waals surface area (Å²) in [6, 6.07) is 14.7. The first kappa shape index (κ1) is 22.1. The molecule has 150 valence electrons. The number of rotatable bonds is 6. The number of hydrogen-bond donors (Lipinski definition) is 1. The number of nitrogens with one attached hydrogen (secondary N) is 1. The first-order valence-electron chi connectivity index (χ1n) is 9.80. The number of carbonyl (C=O) groups excluding carboxylic acids is 2. The number of ketones is 1. The lowest BCUT2D eigenvalue weighted by Crippen LogP contribution is -2.41. The van der Waals surface area contributed by atoms with E-state index in [1.54, 1.807) is 12.1 Å². The summed E-state index contributed by atoms with van der Waals surface area (Å²) in [6.07, 6.45) is 2.01. The SMILES string of the molecule is CCNCC1CCN(C(=O)c2ccccc2C(=O)c2ccc(C)cc2)CC1.Cl. The van der Waals surface area contributed by atoms with Gasteiger partial charge in [0.15, 0.2) is 5.78 Å². The van der Waals surface area contributed by atoms with Gasteiger partial charge in [0.05, 0.1) is 5.56 Å². The van der Waals surface area contributed by atoms with E-state index in [-0.39, 0.29) is 24.1 Å². The van der Waals surface area contributed by atoms with E-state index in [4.69, 9.17) is 0 Å². The average molecular weight is 401 g/mol. The molecule has 1 aliphatic rings. The van der Waals surface area contributed by atoms with Crippen LogP contribution < -0.4 is 5.32 Å². The average Bonchev–Trinajstić information content (AvgIpc) is 2.72. The Morgan fingerprint density at radius 2 is 1.61 bits per heavy atom. The molecule has 1 heterocycles. The lowest BCUT2D eigenvalue weighted by atomic mass is 9.94. The van der Waals surface area contributed by atoms with E-state index in [2.05, 4.69) is 12.2 Å². The first-order chi connectivity index (χ1) is 13.1. The van der Waals surface area contributed by atoms with Crippen molar-refractivity contribution in [2.24, 2.45) is 5.92 Å². The number of nitrogens with zero attached hydrogens (tertiary/aromatic N) is 1. The van der Waals surface area contributed by atoms with E-state index in [1.165, 1.54) is 0 Å². The Morgan fingerprint density at radius 3 is 2.21 bits per heavy atom. The minimum absolute atomic E-state index is 0.